The lowest BCUT2D eigenvalue weighted by Crippen LogP contribution is -2.42. The average molecular weight is 383 g/mol. The summed E-state index contributed by atoms with van der Waals surface area (Å²) in [5.74, 6) is 1.90. The smallest absolute Gasteiger partial charge is 0.223 e. The minimum absolute atomic E-state index is 0.361. The molecule has 2 aliphatic heterocycles. The molecule has 1 amide bonds. The Labute approximate surface area is 169 Å². The largest absolute Gasteiger partial charge is 0.497 e. The molecule has 2 fully saturated rings. The van der Waals surface area contributed by atoms with Gasteiger partial charge in [0.15, 0.2) is 0 Å². The first-order valence-corrected chi connectivity index (χ1v) is 10.9. The van der Waals surface area contributed by atoms with Crippen LogP contribution < -0.4 is 4.74 Å². The Hall–Kier alpha value is -1.81. The number of carbonyl (C=O) groups is 1. The quantitative estimate of drug-likeness (QED) is 0.714. The number of hydrogen-bond acceptors (Lipinski definition) is 3. The summed E-state index contributed by atoms with van der Waals surface area (Å²) in [6.45, 7) is 5.09. The zero-order chi connectivity index (χ0) is 19.4. The summed E-state index contributed by atoms with van der Waals surface area (Å²) in [4.78, 5) is 17.0. The van der Waals surface area contributed by atoms with E-state index in [0.717, 1.165) is 31.8 Å². The molecule has 1 aliphatic carbocycles. The van der Waals surface area contributed by atoms with E-state index in [4.69, 9.17) is 4.74 Å². The van der Waals surface area contributed by atoms with Crippen molar-refractivity contribution in [1.29, 1.82) is 0 Å². The van der Waals surface area contributed by atoms with Gasteiger partial charge < -0.3 is 9.64 Å². The molecule has 0 radical (unpaired) electrons. The van der Waals surface area contributed by atoms with Crippen LogP contribution in [0.4, 0.5) is 0 Å². The molecule has 1 saturated carbocycles. The van der Waals surface area contributed by atoms with E-state index in [2.05, 4.69) is 41.3 Å². The van der Waals surface area contributed by atoms with Crippen molar-refractivity contribution in [3.63, 3.8) is 0 Å². The Morgan fingerprint density at radius 3 is 2.29 bits per heavy atom. The number of amides is 1. The molecule has 4 heteroatoms. The van der Waals surface area contributed by atoms with Crippen molar-refractivity contribution in [3.05, 3.63) is 42.0 Å². The van der Waals surface area contributed by atoms with Crippen LogP contribution in [-0.4, -0.2) is 49.0 Å². The molecular weight excluding hydrogens is 348 g/mol. The van der Waals surface area contributed by atoms with Gasteiger partial charge >= 0.3 is 0 Å². The number of benzene rings is 1. The lowest BCUT2D eigenvalue weighted by Gasteiger charge is -2.46. The third-order valence-electron chi connectivity index (χ3n) is 7.28. The van der Waals surface area contributed by atoms with Gasteiger partial charge in [0.2, 0.25) is 5.91 Å². The number of methoxy groups -OCH3 is 1. The van der Waals surface area contributed by atoms with E-state index >= 15 is 0 Å². The van der Waals surface area contributed by atoms with E-state index in [9.17, 15) is 4.79 Å². The first-order chi connectivity index (χ1) is 13.7. The van der Waals surface area contributed by atoms with Gasteiger partial charge in [0.1, 0.15) is 5.75 Å². The summed E-state index contributed by atoms with van der Waals surface area (Å²) in [5.41, 5.74) is 1.92. The third kappa shape index (κ3) is 4.60. The molecule has 152 valence electrons. The molecule has 2 heterocycles. The highest BCUT2D eigenvalue weighted by atomic mass is 16.5. The predicted octanol–water partition coefficient (Wildman–Crippen LogP) is 4.26. The summed E-state index contributed by atoms with van der Waals surface area (Å²) < 4.78 is 5.26. The number of carbonyl (C=O) groups excluding carboxylic acids is 1. The van der Waals surface area contributed by atoms with Crippen LogP contribution in [0.5, 0.6) is 5.75 Å². The van der Waals surface area contributed by atoms with E-state index in [1.54, 1.807) is 7.11 Å². The highest BCUT2D eigenvalue weighted by Gasteiger charge is 2.38. The summed E-state index contributed by atoms with van der Waals surface area (Å²) in [7, 11) is 1.72. The standard InChI is InChI=1S/C24H34N2O2/c1-28-22-6-4-21(5-7-22)19-25-16-12-24(13-17-25)10-8-20(9-11-24)18-23(27)26-14-2-3-15-26/h2-7,20H,8-19H2,1H3. The van der Waals surface area contributed by atoms with Crippen molar-refractivity contribution < 1.29 is 9.53 Å². The predicted molar refractivity (Wildman–Crippen MR) is 112 cm³/mol. The van der Waals surface area contributed by atoms with Gasteiger partial charge in [0.25, 0.3) is 0 Å². The topological polar surface area (TPSA) is 32.8 Å². The molecule has 1 aromatic rings. The van der Waals surface area contributed by atoms with E-state index in [0.29, 0.717) is 17.2 Å². The van der Waals surface area contributed by atoms with Crippen LogP contribution in [0.3, 0.4) is 0 Å². The van der Waals surface area contributed by atoms with Gasteiger partial charge in [-0.05, 0) is 80.6 Å². The number of hydrogen-bond donors (Lipinski definition) is 0. The van der Waals surface area contributed by atoms with Gasteiger partial charge in [-0.1, -0.05) is 24.3 Å². The first kappa shape index (κ1) is 19.5. The minimum Gasteiger partial charge on any atom is -0.497 e. The van der Waals surface area contributed by atoms with Crippen LogP contribution in [-0.2, 0) is 11.3 Å². The molecule has 1 saturated heterocycles. The first-order valence-electron chi connectivity index (χ1n) is 10.9. The fourth-order valence-corrected chi connectivity index (χ4v) is 5.23. The van der Waals surface area contributed by atoms with Gasteiger partial charge in [0, 0.05) is 26.1 Å². The van der Waals surface area contributed by atoms with Gasteiger partial charge in [-0.25, -0.2) is 0 Å². The van der Waals surface area contributed by atoms with E-state index in [1.807, 2.05) is 4.90 Å². The fourth-order valence-electron chi connectivity index (χ4n) is 5.23. The molecule has 0 N–H and O–H groups in total. The molecular formula is C24H34N2O2. The molecule has 0 atom stereocenters. The highest BCUT2D eigenvalue weighted by molar-refractivity contribution is 5.77. The zero-order valence-electron chi connectivity index (χ0n) is 17.2. The number of rotatable bonds is 5. The fraction of sp³-hybridized carbons (Fsp3) is 0.625. The van der Waals surface area contributed by atoms with E-state index in [-0.39, 0.29) is 0 Å². The third-order valence-corrected chi connectivity index (χ3v) is 7.28. The Bertz CT molecular complexity index is 671. The summed E-state index contributed by atoms with van der Waals surface area (Å²) in [6, 6.07) is 8.48. The number of likely N-dealkylation sites (tertiary alicyclic amines) is 1. The van der Waals surface area contributed by atoms with Crippen molar-refractivity contribution in [2.75, 3.05) is 33.3 Å². The maximum Gasteiger partial charge on any atom is 0.223 e. The van der Waals surface area contributed by atoms with Gasteiger partial charge in [0.05, 0.1) is 7.11 Å². The van der Waals surface area contributed by atoms with Crippen molar-refractivity contribution >= 4 is 5.91 Å². The van der Waals surface area contributed by atoms with Crippen LogP contribution in [0, 0.1) is 11.3 Å². The number of piperidine rings is 1. The lowest BCUT2D eigenvalue weighted by molar-refractivity contribution is -0.131. The molecule has 4 rings (SSSR count). The molecule has 28 heavy (non-hydrogen) atoms. The number of ether oxygens (including phenoxy) is 1. The van der Waals surface area contributed by atoms with Crippen LogP contribution in [0.2, 0.25) is 0 Å². The van der Waals surface area contributed by atoms with Gasteiger partial charge in [-0.3, -0.25) is 9.69 Å². The van der Waals surface area contributed by atoms with Crippen LogP contribution in [0.15, 0.2) is 36.4 Å². The maximum absolute atomic E-state index is 12.4. The SMILES string of the molecule is COc1ccc(CN2CCC3(CCC(CC(=O)N4CC=CC4)CC3)CC2)cc1. The Balaban J connectivity index is 1.21. The Morgan fingerprint density at radius 1 is 1.04 bits per heavy atom. The zero-order valence-corrected chi connectivity index (χ0v) is 17.2. The van der Waals surface area contributed by atoms with Crippen molar-refractivity contribution in [3.8, 4) is 5.75 Å². The van der Waals surface area contributed by atoms with Gasteiger partial charge in [-0.2, -0.15) is 0 Å². The maximum atomic E-state index is 12.4. The van der Waals surface area contributed by atoms with E-state index in [1.165, 1.54) is 57.2 Å². The van der Waals surface area contributed by atoms with Crippen molar-refractivity contribution in [1.82, 2.24) is 9.80 Å². The molecule has 0 unspecified atom stereocenters. The average Bonchev–Trinajstić information content (AvgIpc) is 3.27. The summed E-state index contributed by atoms with van der Waals surface area (Å²) >= 11 is 0. The molecule has 3 aliphatic rings. The van der Waals surface area contributed by atoms with Gasteiger partial charge in [-0.15, -0.1) is 0 Å². The van der Waals surface area contributed by atoms with Crippen LogP contribution in [0.1, 0.15) is 50.5 Å². The molecule has 4 nitrogen and oxygen atoms in total. The summed E-state index contributed by atoms with van der Waals surface area (Å²) in [6.07, 6.45) is 12.7. The normalized spacial score (nSPS) is 22.7. The van der Waals surface area contributed by atoms with Crippen molar-refractivity contribution in [2.45, 2.75) is 51.5 Å². The highest BCUT2D eigenvalue weighted by Crippen LogP contribution is 2.47. The lowest BCUT2D eigenvalue weighted by atomic mass is 9.65. The number of nitrogens with zero attached hydrogens (tertiary/aromatic N) is 2. The summed E-state index contributed by atoms with van der Waals surface area (Å²) in [5, 5.41) is 0. The van der Waals surface area contributed by atoms with Crippen molar-refractivity contribution in [2.24, 2.45) is 11.3 Å². The minimum atomic E-state index is 0.361. The second-order valence-electron chi connectivity index (χ2n) is 9.04. The van der Waals surface area contributed by atoms with Crippen LogP contribution in [0.25, 0.3) is 0 Å². The van der Waals surface area contributed by atoms with E-state index < -0.39 is 0 Å². The molecule has 0 aromatic heterocycles. The second kappa shape index (κ2) is 8.69. The monoisotopic (exact) mass is 382 g/mol. The Morgan fingerprint density at radius 2 is 1.68 bits per heavy atom. The molecule has 1 spiro atoms. The van der Waals surface area contributed by atoms with Crippen LogP contribution >= 0.6 is 0 Å². The molecule has 0 bridgehead atoms. The molecule has 1 aromatic carbocycles. The second-order valence-corrected chi connectivity index (χ2v) is 9.04. The Kier molecular flexibility index (Phi) is 6.05.